The van der Waals surface area contributed by atoms with E-state index in [1.165, 1.54) is 11.5 Å². The second-order valence-corrected chi connectivity index (χ2v) is 9.18. The minimum atomic E-state index is -0.550. The number of para-hydroxylation sites is 1. The monoisotopic (exact) mass is 594 g/mol. The lowest BCUT2D eigenvalue weighted by atomic mass is 10.1. The van der Waals surface area contributed by atoms with Gasteiger partial charge in [0, 0.05) is 0 Å². The summed E-state index contributed by atoms with van der Waals surface area (Å²) in [4.78, 5) is 12.6. The lowest BCUT2D eigenvalue weighted by molar-refractivity contribution is -0.112. The third-order valence-corrected chi connectivity index (χ3v) is 6.38. The van der Waals surface area contributed by atoms with Gasteiger partial charge in [-0.2, -0.15) is 5.26 Å². The molecule has 4 aromatic rings. The van der Waals surface area contributed by atoms with E-state index in [9.17, 15) is 10.1 Å². The third-order valence-electron chi connectivity index (χ3n) is 5.25. The van der Waals surface area contributed by atoms with Gasteiger partial charge < -0.3 is 14.8 Å². The van der Waals surface area contributed by atoms with Gasteiger partial charge in [0.25, 0.3) is 5.91 Å². The molecule has 0 spiro atoms. The van der Waals surface area contributed by atoms with Crippen LogP contribution in [0.3, 0.4) is 0 Å². The summed E-state index contributed by atoms with van der Waals surface area (Å²) in [6, 6.07) is 26.7. The maximum atomic E-state index is 12.6. The molecule has 0 aliphatic carbocycles. The van der Waals surface area contributed by atoms with Crippen LogP contribution in [-0.4, -0.2) is 13.0 Å². The van der Waals surface area contributed by atoms with Gasteiger partial charge in [0.15, 0.2) is 11.5 Å². The first kappa shape index (κ1) is 24.6. The van der Waals surface area contributed by atoms with E-state index >= 15 is 0 Å². The van der Waals surface area contributed by atoms with Gasteiger partial charge in [-0.05, 0) is 80.9 Å². The molecule has 0 aliphatic rings. The van der Waals surface area contributed by atoms with Gasteiger partial charge >= 0.3 is 0 Å². The molecule has 0 saturated carbocycles. The molecule has 174 valence electrons. The number of carbonyl (C=O) groups excluding carboxylic acids is 1. The van der Waals surface area contributed by atoms with Crippen LogP contribution in [-0.2, 0) is 11.4 Å². The van der Waals surface area contributed by atoms with Gasteiger partial charge in [-0.15, -0.1) is 0 Å². The number of methoxy groups -OCH3 is 1. The Balaban J connectivity index is 1.55. The van der Waals surface area contributed by atoms with Crippen LogP contribution in [0.25, 0.3) is 16.8 Å². The number of amides is 1. The Morgan fingerprint density at radius 1 is 1.06 bits per heavy atom. The molecule has 0 atom stereocenters. The molecule has 0 fully saturated rings. The number of rotatable bonds is 7. The number of fused-ring (bicyclic) bond motifs is 1. The number of ether oxygens (including phenoxy) is 2. The predicted molar refractivity (Wildman–Crippen MR) is 148 cm³/mol. The number of halogens is 2. The Bertz CT molecular complexity index is 1480. The van der Waals surface area contributed by atoms with E-state index in [1.807, 2.05) is 30.3 Å². The second-order valence-electron chi connectivity index (χ2n) is 7.61. The first-order chi connectivity index (χ1) is 17.0. The maximum absolute atomic E-state index is 12.6. The van der Waals surface area contributed by atoms with E-state index in [0.717, 1.165) is 14.5 Å². The van der Waals surface area contributed by atoms with E-state index in [2.05, 4.69) is 52.2 Å². The fourth-order valence-electron chi connectivity index (χ4n) is 3.51. The number of nitriles is 1. The number of hydrogen-bond donors (Lipinski definition) is 1. The summed E-state index contributed by atoms with van der Waals surface area (Å²) in [7, 11) is 1.55. The van der Waals surface area contributed by atoms with E-state index in [4.69, 9.17) is 21.1 Å². The van der Waals surface area contributed by atoms with Crippen LogP contribution in [0.2, 0.25) is 5.02 Å². The van der Waals surface area contributed by atoms with Gasteiger partial charge in [0.05, 0.1) is 21.4 Å². The Morgan fingerprint density at radius 3 is 2.54 bits per heavy atom. The van der Waals surface area contributed by atoms with Gasteiger partial charge in [0.2, 0.25) is 0 Å². The molecule has 0 aromatic heterocycles. The normalized spacial score (nSPS) is 11.1. The van der Waals surface area contributed by atoms with Crippen molar-refractivity contribution >= 4 is 62.6 Å². The fraction of sp³-hybridized carbons (Fsp3) is 0.0714. The van der Waals surface area contributed by atoms with Crippen LogP contribution in [0.1, 0.15) is 11.1 Å². The molecule has 1 amide bonds. The van der Waals surface area contributed by atoms with Gasteiger partial charge in [-0.1, -0.05) is 60.1 Å². The van der Waals surface area contributed by atoms with Crippen LogP contribution in [0.4, 0.5) is 5.69 Å². The van der Waals surface area contributed by atoms with E-state index in [-0.39, 0.29) is 5.57 Å². The SMILES string of the molecule is COc1cc(/C=C(\C#N)C(=O)Nc2ccccc2Cl)cc(I)c1OCc1ccc2ccccc2c1. The van der Waals surface area contributed by atoms with Crippen molar-refractivity contribution in [2.24, 2.45) is 0 Å². The molecular formula is C28H20ClIN2O3. The number of nitrogens with zero attached hydrogens (tertiary/aromatic N) is 1. The quantitative estimate of drug-likeness (QED) is 0.139. The minimum Gasteiger partial charge on any atom is -0.493 e. The van der Waals surface area contributed by atoms with E-state index in [0.29, 0.717) is 34.4 Å². The van der Waals surface area contributed by atoms with Crippen LogP contribution in [0.15, 0.2) is 84.4 Å². The van der Waals surface area contributed by atoms with Crippen molar-refractivity contribution in [2.75, 3.05) is 12.4 Å². The molecule has 1 N–H and O–H groups in total. The van der Waals surface area contributed by atoms with Crippen molar-refractivity contribution in [3.05, 3.63) is 104 Å². The summed E-state index contributed by atoms with van der Waals surface area (Å²) in [6.45, 7) is 0.371. The zero-order valence-electron chi connectivity index (χ0n) is 18.7. The van der Waals surface area contributed by atoms with Gasteiger partial charge in [-0.25, -0.2) is 0 Å². The van der Waals surface area contributed by atoms with Crippen LogP contribution in [0, 0.1) is 14.9 Å². The van der Waals surface area contributed by atoms with Crippen molar-refractivity contribution in [3.63, 3.8) is 0 Å². The van der Waals surface area contributed by atoms with Crippen molar-refractivity contribution in [2.45, 2.75) is 6.61 Å². The smallest absolute Gasteiger partial charge is 0.266 e. The molecule has 0 unspecified atom stereocenters. The highest BCUT2D eigenvalue weighted by Crippen LogP contribution is 2.35. The molecule has 0 bridgehead atoms. The van der Waals surface area contributed by atoms with E-state index < -0.39 is 5.91 Å². The molecular weight excluding hydrogens is 575 g/mol. The summed E-state index contributed by atoms with van der Waals surface area (Å²) in [5.74, 6) is 0.552. The summed E-state index contributed by atoms with van der Waals surface area (Å²) in [5.41, 5.74) is 2.04. The highest BCUT2D eigenvalue weighted by atomic mass is 127. The van der Waals surface area contributed by atoms with Crippen molar-refractivity contribution in [1.82, 2.24) is 0 Å². The largest absolute Gasteiger partial charge is 0.493 e. The molecule has 0 radical (unpaired) electrons. The molecule has 5 nitrogen and oxygen atoms in total. The molecule has 0 saturated heterocycles. The Hall–Kier alpha value is -3.54. The van der Waals surface area contributed by atoms with Gasteiger partial charge in [-0.3, -0.25) is 4.79 Å². The second kappa shape index (κ2) is 11.3. The lowest BCUT2D eigenvalue weighted by Crippen LogP contribution is -2.13. The standard InChI is InChI=1S/C28H20ClIN2O3/c1-34-26-15-19(13-22(16-31)28(33)32-25-9-5-4-8-23(25)29)14-24(30)27(26)35-17-18-10-11-20-6-2-3-7-21(20)12-18/h2-15H,17H2,1H3,(H,32,33)/b22-13+. The van der Waals surface area contributed by atoms with Crippen LogP contribution < -0.4 is 14.8 Å². The number of anilines is 1. The molecule has 4 rings (SSSR count). The zero-order valence-corrected chi connectivity index (χ0v) is 21.6. The first-order valence-electron chi connectivity index (χ1n) is 10.6. The maximum Gasteiger partial charge on any atom is 0.266 e. The first-order valence-corrected chi connectivity index (χ1v) is 12.1. The minimum absolute atomic E-state index is 0.0624. The topological polar surface area (TPSA) is 71.3 Å². The highest BCUT2D eigenvalue weighted by molar-refractivity contribution is 14.1. The number of nitrogens with one attached hydrogen (secondary N) is 1. The molecule has 35 heavy (non-hydrogen) atoms. The Kier molecular flexibility index (Phi) is 7.91. The summed E-state index contributed by atoms with van der Waals surface area (Å²) < 4.78 is 12.4. The lowest BCUT2D eigenvalue weighted by Gasteiger charge is -2.14. The summed E-state index contributed by atoms with van der Waals surface area (Å²) in [5, 5.41) is 15.0. The van der Waals surface area contributed by atoms with Crippen LogP contribution >= 0.6 is 34.2 Å². The number of hydrogen-bond acceptors (Lipinski definition) is 4. The fourth-order valence-corrected chi connectivity index (χ4v) is 4.48. The summed E-state index contributed by atoms with van der Waals surface area (Å²) >= 11 is 8.26. The summed E-state index contributed by atoms with van der Waals surface area (Å²) in [6.07, 6.45) is 1.50. The van der Waals surface area contributed by atoms with Crippen molar-refractivity contribution < 1.29 is 14.3 Å². The van der Waals surface area contributed by atoms with E-state index in [1.54, 1.807) is 37.4 Å². The molecule has 4 aromatic carbocycles. The number of carbonyl (C=O) groups is 1. The van der Waals surface area contributed by atoms with Crippen LogP contribution in [0.5, 0.6) is 11.5 Å². The third kappa shape index (κ3) is 5.94. The molecule has 0 aliphatic heterocycles. The average Bonchev–Trinajstić information content (AvgIpc) is 2.87. The Morgan fingerprint density at radius 2 is 1.80 bits per heavy atom. The molecule has 7 heteroatoms. The highest BCUT2D eigenvalue weighted by Gasteiger charge is 2.15. The zero-order chi connectivity index (χ0) is 24.8. The van der Waals surface area contributed by atoms with Crippen molar-refractivity contribution in [1.29, 1.82) is 5.26 Å². The predicted octanol–water partition coefficient (Wildman–Crippen LogP) is 7.23. The Labute approximate surface area is 222 Å². The average molecular weight is 595 g/mol. The van der Waals surface area contributed by atoms with Gasteiger partial charge in [0.1, 0.15) is 18.2 Å². The molecule has 0 heterocycles. The number of benzene rings is 4. The van der Waals surface area contributed by atoms with Crippen molar-refractivity contribution in [3.8, 4) is 17.6 Å².